The van der Waals surface area contributed by atoms with Crippen molar-refractivity contribution in [2.45, 2.75) is 0 Å². The lowest BCUT2D eigenvalue weighted by molar-refractivity contribution is 0.202. The third-order valence-electron chi connectivity index (χ3n) is 2.61. The topological polar surface area (TPSA) is 17.4 Å². The minimum absolute atomic E-state index is 0.605. The third-order valence-corrected chi connectivity index (χ3v) is 2.61. The first-order valence-corrected chi connectivity index (χ1v) is 4.98. The molecule has 1 aromatic heterocycles. The van der Waals surface area contributed by atoms with Gasteiger partial charge in [0.1, 0.15) is 6.73 Å². The first-order valence-electron chi connectivity index (χ1n) is 4.98. The van der Waals surface area contributed by atoms with E-state index >= 15 is 0 Å². The average Bonchev–Trinajstić information content (AvgIpc) is 2.58. The molecule has 3 nitrogen and oxygen atoms in total. The quantitative estimate of drug-likeness (QED) is 0.713. The highest BCUT2D eigenvalue weighted by Crippen LogP contribution is 2.27. The van der Waals surface area contributed by atoms with Crippen LogP contribution in [0.25, 0.3) is 10.9 Å². The predicted molar refractivity (Wildman–Crippen MR) is 63.2 cm³/mol. The summed E-state index contributed by atoms with van der Waals surface area (Å²) in [6.07, 6.45) is 2.13. The first kappa shape index (κ1) is 10.1. The number of aryl methyl sites for hydroxylation is 1. The summed E-state index contributed by atoms with van der Waals surface area (Å²) in [5.41, 5.74) is 2.45. The monoisotopic (exact) mass is 204 g/mol. The van der Waals surface area contributed by atoms with Gasteiger partial charge in [0.25, 0.3) is 0 Å². The van der Waals surface area contributed by atoms with E-state index in [0.29, 0.717) is 6.73 Å². The van der Waals surface area contributed by atoms with Gasteiger partial charge < -0.3 is 14.2 Å². The number of hydrogen-bond acceptors (Lipinski definition) is 2. The van der Waals surface area contributed by atoms with Crippen molar-refractivity contribution >= 4 is 16.6 Å². The molecule has 0 saturated heterocycles. The van der Waals surface area contributed by atoms with Crippen LogP contribution in [0.4, 0.5) is 5.69 Å². The maximum atomic E-state index is 5.13. The van der Waals surface area contributed by atoms with Gasteiger partial charge in [-0.2, -0.15) is 0 Å². The summed E-state index contributed by atoms with van der Waals surface area (Å²) in [5.74, 6) is 0. The van der Waals surface area contributed by atoms with Crippen LogP contribution in [-0.2, 0) is 11.8 Å². The molecule has 0 unspecified atom stereocenters. The molecule has 2 rings (SSSR count). The Morgan fingerprint density at radius 2 is 2.07 bits per heavy atom. The van der Waals surface area contributed by atoms with E-state index in [-0.39, 0.29) is 0 Å². The molecule has 15 heavy (non-hydrogen) atoms. The molecule has 0 amide bonds. The van der Waals surface area contributed by atoms with Crippen molar-refractivity contribution in [2.75, 3.05) is 25.8 Å². The Labute approximate surface area is 89.9 Å². The molecule has 3 heteroatoms. The molecule has 0 spiro atoms. The van der Waals surface area contributed by atoms with E-state index in [2.05, 4.69) is 47.0 Å². The molecule has 0 aliphatic carbocycles. The number of para-hydroxylation sites is 1. The molecule has 0 atom stereocenters. The van der Waals surface area contributed by atoms with Crippen LogP contribution in [0.5, 0.6) is 0 Å². The highest BCUT2D eigenvalue weighted by Gasteiger charge is 2.08. The first-order chi connectivity index (χ1) is 7.24. The smallest absolute Gasteiger partial charge is 0.118 e. The molecular weight excluding hydrogens is 188 g/mol. The molecule has 0 aliphatic rings. The summed E-state index contributed by atoms with van der Waals surface area (Å²) in [6.45, 7) is 0.605. The fraction of sp³-hybridized carbons (Fsp3) is 0.333. The SMILES string of the molecule is COCN(C)c1cn(C)c2ccccc12. The second-order valence-electron chi connectivity index (χ2n) is 3.76. The fourth-order valence-corrected chi connectivity index (χ4v) is 1.89. The standard InChI is InChI=1S/C12H16N2O/c1-13-8-12(14(2)9-15-3)10-6-4-5-7-11(10)13/h4-8H,9H2,1-3H3. The van der Waals surface area contributed by atoms with E-state index in [1.54, 1.807) is 7.11 Å². The Balaban J connectivity index is 2.52. The van der Waals surface area contributed by atoms with Gasteiger partial charge in [0, 0.05) is 38.3 Å². The summed E-state index contributed by atoms with van der Waals surface area (Å²) in [4.78, 5) is 2.10. The van der Waals surface area contributed by atoms with Gasteiger partial charge in [-0.15, -0.1) is 0 Å². The van der Waals surface area contributed by atoms with E-state index in [1.165, 1.54) is 16.6 Å². The van der Waals surface area contributed by atoms with Gasteiger partial charge in [0.2, 0.25) is 0 Å². The maximum absolute atomic E-state index is 5.13. The van der Waals surface area contributed by atoms with Crippen LogP contribution in [-0.4, -0.2) is 25.5 Å². The largest absolute Gasteiger partial charge is 0.364 e. The number of methoxy groups -OCH3 is 1. The maximum Gasteiger partial charge on any atom is 0.118 e. The highest BCUT2D eigenvalue weighted by molar-refractivity contribution is 5.93. The molecule has 0 bridgehead atoms. The van der Waals surface area contributed by atoms with E-state index in [0.717, 1.165) is 0 Å². The molecular formula is C12H16N2O. The van der Waals surface area contributed by atoms with E-state index in [9.17, 15) is 0 Å². The van der Waals surface area contributed by atoms with Gasteiger partial charge in [0.15, 0.2) is 0 Å². The lowest BCUT2D eigenvalue weighted by Crippen LogP contribution is -2.19. The zero-order valence-electron chi connectivity index (χ0n) is 9.40. The van der Waals surface area contributed by atoms with Gasteiger partial charge in [-0.3, -0.25) is 0 Å². The summed E-state index contributed by atoms with van der Waals surface area (Å²) >= 11 is 0. The Morgan fingerprint density at radius 1 is 1.33 bits per heavy atom. The number of aromatic nitrogens is 1. The number of benzene rings is 1. The number of nitrogens with zero attached hydrogens (tertiary/aromatic N) is 2. The molecule has 1 heterocycles. The van der Waals surface area contributed by atoms with Gasteiger partial charge in [0.05, 0.1) is 5.69 Å². The molecule has 0 fully saturated rings. The molecule has 0 saturated carbocycles. The second-order valence-corrected chi connectivity index (χ2v) is 3.76. The summed E-state index contributed by atoms with van der Waals surface area (Å²) < 4.78 is 7.27. The Hall–Kier alpha value is -1.48. The van der Waals surface area contributed by atoms with Crippen LogP contribution in [0, 0.1) is 0 Å². The lowest BCUT2D eigenvalue weighted by Gasteiger charge is -2.16. The Morgan fingerprint density at radius 3 is 2.80 bits per heavy atom. The van der Waals surface area contributed by atoms with Crippen LogP contribution in [0.3, 0.4) is 0 Å². The molecule has 0 N–H and O–H groups in total. The van der Waals surface area contributed by atoms with Crippen molar-refractivity contribution in [1.82, 2.24) is 4.57 Å². The summed E-state index contributed by atoms with van der Waals surface area (Å²) in [6, 6.07) is 8.38. The van der Waals surface area contributed by atoms with Crippen LogP contribution in [0.1, 0.15) is 0 Å². The number of rotatable bonds is 3. The highest BCUT2D eigenvalue weighted by atomic mass is 16.5. The molecule has 80 valence electrons. The number of fused-ring (bicyclic) bond motifs is 1. The zero-order valence-corrected chi connectivity index (χ0v) is 9.40. The molecule has 1 aromatic carbocycles. The van der Waals surface area contributed by atoms with Crippen LogP contribution in [0.2, 0.25) is 0 Å². The normalized spacial score (nSPS) is 10.9. The van der Waals surface area contributed by atoms with Crippen molar-refractivity contribution < 1.29 is 4.74 Å². The van der Waals surface area contributed by atoms with Crippen LogP contribution in [0.15, 0.2) is 30.5 Å². The van der Waals surface area contributed by atoms with E-state index in [4.69, 9.17) is 4.74 Å². The lowest BCUT2D eigenvalue weighted by atomic mass is 10.2. The van der Waals surface area contributed by atoms with Crippen molar-refractivity contribution in [2.24, 2.45) is 7.05 Å². The van der Waals surface area contributed by atoms with Crippen molar-refractivity contribution in [3.63, 3.8) is 0 Å². The minimum atomic E-state index is 0.605. The summed E-state index contributed by atoms with van der Waals surface area (Å²) in [7, 11) is 5.80. The number of hydrogen-bond donors (Lipinski definition) is 0. The van der Waals surface area contributed by atoms with Gasteiger partial charge in [-0.1, -0.05) is 18.2 Å². The van der Waals surface area contributed by atoms with Gasteiger partial charge in [-0.25, -0.2) is 0 Å². The second kappa shape index (κ2) is 3.95. The van der Waals surface area contributed by atoms with Crippen molar-refractivity contribution in [1.29, 1.82) is 0 Å². The zero-order chi connectivity index (χ0) is 10.8. The summed E-state index contributed by atoms with van der Waals surface area (Å²) in [5, 5.41) is 1.26. The average molecular weight is 204 g/mol. The Bertz CT molecular complexity index is 462. The van der Waals surface area contributed by atoms with Crippen molar-refractivity contribution in [3.8, 4) is 0 Å². The predicted octanol–water partition coefficient (Wildman–Crippen LogP) is 2.22. The van der Waals surface area contributed by atoms with Gasteiger partial charge in [-0.05, 0) is 6.07 Å². The van der Waals surface area contributed by atoms with Crippen LogP contribution >= 0.6 is 0 Å². The van der Waals surface area contributed by atoms with Crippen LogP contribution < -0.4 is 4.90 Å². The molecule has 0 radical (unpaired) electrons. The third kappa shape index (κ3) is 1.70. The van der Waals surface area contributed by atoms with Gasteiger partial charge >= 0.3 is 0 Å². The number of ether oxygens (including phenoxy) is 1. The Kier molecular flexibility index (Phi) is 2.64. The molecule has 0 aliphatic heterocycles. The number of anilines is 1. The fourth-order valence-electron chi connectivity index (χ4n) is 1.89. The van der Waals surface area contributed by atoms with E-state index < -0.39 is 0 Å². The molecule has 2 aromatic rings. The minimum Gasteiger partial charge on any atom is -0.364 e. The van der Waals surface area contributed by atoms with Crippen molar-refractivity contribution in [3.05, 3.63) is 30.5 Å². The van der Waals surface area contributed by atoms with E-state index in [1.807, 2.05) is 7.05 Å².